The van der Waals surface area contributed by atoms with Crippen LogP contribution in [-0.4, -0.2) is 19.1 Å². The molecule has 86 valence electrons. The van der Waals surface area contributed by atoms with Gasteiger partial charge in [-0.3, -0.25) is 0 Å². The lowest BCUT2D eigenvalue weighted by Gasteiger charge is -2.27. The molecule has 0 saturated heterocycles. The molecule has 0 radical (unpaired) electrons. The van der Waals surface area contributed by atoms with Crippen molar-refractivity contribution in [3.63, 3.8) is 0 Å². The number of hydrogen-bond donors (Lipinski definition) is 2. The fraction of sp³-hybridized carbons (Fsp3) is 0.571. The lowest BCUT2D eigenvalue weighted by Crippen LogP contribution is -2.35. The van der Waals surface area contributed by atoms with Gasteiger partial charge in [-0.05, 0) is 30.9 Å². The molecule has 1 aliphatic heterocycles. The van der Waals surface area contributed by atoms with Gasteiger partial charge in [0.2, 0.25) is 0 Å². The van der Waals surface area contributed by atoms with Crippen LogP contribution in [0.2, 0.25) is 0 Å². The first-order valence-corrected chi connectivity index (χ1v) is 6.36. The first-order valence-electron chi connectivity index (χ1n) is 6.36. The van der Waals surface area contributed by atoms with E-state index in [4.69, 9.17) is 0 Å². The van der Waals surface area contributed by atoms with E-state index in [1.54, 1.807) is 5.56 Å². The zero-order chi connectivity index (χ0) is 11.0. The third kappa shape index (κ3) is 2.13. The second kappa shape index (κ2) is 4.19. The third-order valence-electron chi connectivity index (χ3n) is 3.68. The van der Waals surface area contributed by atoms with Crippen LogP contribution >= 0.6 is 0 Å². The molecule has 0 amide bonds. The van der Waals surface area contributed by atoms with Gasteiger partial charge in [0.25, 0.3) is 0 Å². The molecule has 2 N–H and O–H groups in total. The molecular weight excluding hydrogens is 196 g/mol. The van der Waals surface area contributed by atoms with E-state index >= 15 is 0 Å². The maximum absolute atomic E-state index is 3.65. The molecule has 0 aromatic heterocycles. The van der Waals surface area contributed by atoms with Crippen LogP contribution in [0.5, 0.6) is 0 Å². The normalized spacial score (nSPS) is 24.2. The average molecular weight is 216 g/mol. The van der Waals surface area contributed by atoms with Crippen molar-refractivity contribution in [3.8, 4) is 0 Å². The highest BCUT2D eigenvalue weighted by Gasteiger charge is 2.24. The Labute approximate surface area is 97.4 Å². The lowest BCUT2D eigenvalue weighted by molar-refractivity contribution is 0.501. The fourth-order valence-electron chi connectivity index (χ4n) is 2.52. The van der Waals surface area contributed by atoms with E-state index in [1.807, 2.05) is 0 Å². The Kier molecular flexibility index (Phi) is 2.70. The van der Waals surface area contributed by atoms with Crippen molar-refractivity contribution in [2.24, 2.45) is 0 Å². The monoisotopic (exact) mass is 216 g/mol. The van der Waals surface area contributed by atoms with Gasteiger partial charge in [-0.25, -0.2) is 0 Å². The Hall–Kier alpha value is -0.860. The van der Waals surface area contributed by atoms with Gasteiger partial charge in [0.05, 0.1) is 0 Å². The molecule has 1 aliphatic carbocycles. The molecule has 1 atom stereocenters. The van der Waals surface area contributed by atoms with Gasteiger partial charge in [-0.2, -0.15) is 0 Å². The van der Waals surface area contributed by atoms with Crippen molar-refractivity contribution in [2.75, 3.05) is 13.1 Å². The summed E-state index contributed by atoms with van der Waals surface area (Å²) in [6.45, 7) is 5.48. The number of hydrogen-bond acceptors (Lipinski definition) is 2. The lowest BCUT2D eigenvalue weighted by atomic mass is 9.89. The SMILES string of the molecule is Cc1ccc2c(c1)C(CNC1CC1)CNC2. The Balaban J connectivity index is 1.77. The topological polar surface area (TPSA) is 24.1 Å². The van der Waals surface area contributed by atoms with Gasteiger partial charge in [0.1, 0.15) is 0 Å². The highest BCUT2D eigenvalue weighted by atomic mass is 15.0. The molecule has 1 heterocycles. The Morgan fingerprint density at radius 3 is 3.06 bits per heavy atom. The van der Waals surface area contributed by atoms with E-state index in [-0.39, 0.29) is 0 Å². The van der Waals surface area contributed by atoms with E-state index in [0.29, 0.717) is 5.92 Å². The number of benzene rings is 1. The summed E-state index contributed by atoms with van der Waals surface area (Å²) in [6.07, 6.45) is 2.75. The molecule has 3 rings (SSSR count). The maximum Gasteiger partial charge on any atom is 0.0208 e. The third-order valence-corrected chi connectivity index (χ3v) is 3.68. The van der Waals surface area contributed by atoms with Crippen molar-refractivity contribution < 1.29 is 0 Å². The van der Waals surface area contributed by atoms with Crippen molar-refractivity contribution >= 4 is 0 Å². The van der Waals surface area contributed by atoms with Crippen LogP contribution in [0, 0.1) is 6.92 Å². The van der Waals surface area contributed by atoms with Gasteiger partial charge in [-0.1, -0.05) is 23.8 Å². The molecule has 1 aromatic carbocycles. The Morgan fingerprint density at radius 2 is 2.25 bits per heavy atom. The summed E-state index contributed by atoms with van der Waals surface area (Å²) in [4.78, 5) is 0. The van der Waals surface area contributed by atoms with Crippen LogP contribution < -0.4 is 10.6 Å². The summed E-state index contributed by atoms with van der Waals surface area (Å²) in [6, 6.07) is 7.68. The van der Waals surface area contributed by atoms with E-state index in [2.05, 4.69) is 35.8 Å². The minimum atomic E-state index is 0.657. The molecule has 0 bridgehead atoms. The second-order valence-electron chi connectivity index (χ2n) is 5.21. The average Bonchev–Trinajstić information content (AvgIpc) is 3.10. The molecule has 1 saturated carbocycles. The van der Waals surface area contributed by atoms with Crippen LogP contribution in [0.4, 0.5) is 0 Å². The molecule has 0 spiro atoms. The minimum Gasteiger partial charge on any atom is -0.313 e. The molecule has 2 aliphatic rings. The molecule has 16 heavy (non-hydrogen) atoms. The van der Waals surface area contributed by atoms with Crippen molar-refractivity contribution in [1.29, 1.82) is 0 Å². The first kappa shape index (κ1) is 10.3. The minimum absolute atomic E-state index is 0.657. The van der Waals surface area contributed by atoms with E-state index < -0.39 is 0 Å². The van der Waals surface area contributed by atoms with Gasteiger partial charge in [0.15, 0.2) is 0 Å². The first-order chi connectivity index (χ1) is 7.83. The predicted octanol–water partition coefficient (Wildman–Crippen LogP) is 1.93. The predicted molar refractivity (Wildman–Crippen MR) is 66.7 cm³/mol. The summed E-state index contributed by atoms with van der Waals surface area (Å²) < 4.78 is 0. The van der Waals surface area contributed by atoms with E-state index in [1.165, 1.54) is 24.0 Å². The molecule has 2 nitrogen and oxygen atoms in total. The van der Waals surface area contributed by atoms with Crippen LogP contribution in [-0.2, 0) is 6.54 Å². The van der Waals surface area contributed by atoms with Crippen LogP contribution in [0.3, 0.4) is 0 Å². The van der Waals surface area contributed by atoms with Gasteiger partial charge in [-0.15, -0.1) is 0 Å². The standard InChI is InChI=1S/C14H20N2/c1-10-2-3-11-7-15-8-12(14(11)6-10)9-16-13-4-5-13/h2-3,6,12-13,15-16H,4-5,7-9H2,1H3. The summed E-state index contributed by atoms with van der Waals surface area (Å²) >= 11 is 0. The number of rotatable bonds is 3. The highest BCUT2D eigenvalue weighted by Crippen LogP contribution is 2.26. The highest BCUT2D eigenvalue weighted by molar-refractivity contribution is 5.36. The van der Waals surface area contributed by atoms with E-state index in [0.717, 1.165) is 25.7 Å². The quantitative estimate of drug-likeness (QED) is 0.807. The number of nitrogens with one attached hydrogen (secondary N) is 2. The van der Waals surface area contributed by atoms with Crippen molar-refractivity contribution in [3.05, 3.63) is 34.9 Å². The van der Waals surface area contributed by atoms with Gasteiger partial charge >= 0.3 is 0 Å². The molecule has 1 aromatic rings. The van der Waals surface area contributed by atoms with Crippen LogP contribution in [0.1, 0.15) is 35.4 Å². The largest absolute Gasteiger partial charge is 0.313 e. The van der Waals surface area contributed by atoms with Gasteiger partial charge < -0.3 is 10.6 Å². The molecule has 1 unspecified atom stereocenters. The fourth-order valence-corrected chi connectivity index (χ4v) is 2.52. The summed E-state index contributed by atoms with van der Waals surface area (Å²) in [5.74, 6) is 0.657. The summed E-state index contributed by atoms with van der Waals surface area (Å²) in [7, 11) is 0. The zero-order valence-electron chi connectivity index (χ0n) is 9.92. The van der Waals surface area contributed by atoms with Crippen LogP contribution in [0.25, 0.3) is 0 Å². The molecule has 2 heteroatoms. The smallest absolute Gasteiger partial charge is 0.0208 e. The molecule has 1 fully saturated rings. The van der Waals surface area contributed by atoms with Gasteiger partial charge in [0, 0.05) is 31.6 Å². The maximum atomic E-state index is 3.65. The second-order valence-corrected chi connectivity index (χ2v) is 5.21. The number of fused-ring (bicyclic) bond motifs is 1. The Bertz CT molecular complexity index is 382. The number of aryl methyl sites for hydroxylation is 1. The van der Waals surface area contributed by atoms with E-state index in [9.17, 15) is 0 Å². The van der Waals surface area contributed by atoms with Crippen molar-refractivity contribution in [2.45, 2.75) is 38.3 Å². The Morgan fingerprint density at radius 1 is 1.38 bits per heavy atom. The van der Waals surface area contributed by atoms with Crippen molar-refractivity contribution in [1.82, 2.24) is 10.6 Å². The summed E-state index contributed by atoms with van der Waals surface area (Å²) in [5.41, 5.74) is 4.43. The zero-order valence-corrected chi connectivity index (χ0v) is 9.92. The van der Waals surface area contributed by atoms with Crippen LogP contribution in [0.15, 0.2) is 18.2 Å². The summed E-state index contributed by atoms with van der Waals surface area (Å²) in [5, 5.41) is 7.16. The molecular formula is C14H20N2.